The Morgan fingerprint density at radius 2 is 0.889 bits per heavy atom. The first-order valence-electron chi connectivity index (χ1n) is 10.7. The van der Waals surface area contributed by atoms with Crippen LogP contribution in [0.3, 0.4) is 0 Å². The molecule has 2 rings (SSSR count). The molecule has 0 fully saturated rings. The molecule has 27 heavy (non-hydrogen) atoms. The maximum Gasteiger partial charge on any atom is -0.0213 e. The molecule has 0 bridgehead atoms. The molecule has 0 saturated heterocycles. The summed E-state index contributed by atoms with van der Waals surface area (Å²) in [6, 6.07) is 11.3. The summed E-state index contributed by atoms with van der Waals surface area (Å²) in [6.07, 6.45) is 0. The van der Waals surface area contributed by atoms with Crippen LogP contribution in [-0.4, -0.2) is 0 Å². The topological polar surface area (TPSA) is 0 Å². The molecule has 0 heterocycles. The Balaban J connectivity index is 0.000000277. The molecule has 2 aromatic carbocycles. The minimum absolute atomic E-state index is 0.626. The van der Waals surface area contributed by atoms with E-state index in [1.165, 1.54) is 33.4 Å². The Bertz CT molecular complexity index is 680. The maximum atomic E-state index is 2.30. The maximum absolute atomic E-state index is 2.30. The lowest BCUT2D eigenvalue weighted by Gasteiger charge is -2.22. The van der Waals surface area contributed by atoms with Gasteiger partial charge in [-0.15, -0.1) is 0 Å². The van der Waals surface area contributed by atoms with E-state index in [9.17, 15) is 0 Å². The third kappa shape index (κ3) is 6.23. The van der Waals surface area contributed by atoms with E-state index in [4.69, 9.17) is 0 Å². The minimum Gasteiger partial charge on any atom is -0.0617 e. The summed E-state index contributed by atoms with van der Waals surface area (Å²) < 4.78 is 0. The predicted molar refractivity (Wildman–Crippen MR) is 123 cm³/mol. The Labute approximate surface area is 169 Å². The van der Waals surface area contributed by atoms with Crippen molar-refractivity contribution in [2.45, 2.75) is 99.8 Å². The van der Waals surface area contributed by atoms with Gasteiger partial charge in [-0.3, -0.25) is 0 Å². The number of aryl methyl sites for hydroxylation is 3. The molecular weight excluding hydrogens is 324 g/mol. The summed E-state index contributed by atoms with van der Waals surface area (Å²) in [5, 5.41) is 0. The van der Waals surface area contributed by atoms with Crippen LogP contribution < -0.4 is 0 Å². The summed E-state index contributed by atoms with van der Waals surface area (Å²) in [5.41, 5.74) is 10.4. The lowest BCUT2D eigenvalue weighted by molar-refractivity contribution is 0.748. The quantitative estimate of drug-likeness (QED) is 0.507. The van der Waals surface area contributed by atoms with E-state index in [2.05, 4.69) is 106 Å². The normalized spacial score (nSPS) is 11.4. The van der Waals surface area contributed by atoms with E-state index >= 15 is 0 Å². The third-order valence-corrected chi connectivity index (χ3v) is 5.31. The highest BCUT2D eigenvalue weighted by atomic mass is 14.2. The molecule has 0 aliphatic heterocycles. The zero-order valence-electron chi connectivity index (χ0n) is 19.7. The van der Waals surface area contributed by atoms with Crippen LogP contribution in [0.25, 0.3) is 0 Å². The van der Waals surface area contributed by atoms with E-state index in [1.54, 1.807) is 5.56 Å². The van der Waals surface area contributed by atoms with Gasteiger partial charge in [-0.05, 0) is 77.8 Å². The van der Waals surface area contributed by atoms with E-state index < -0.39 is 0 Å². The molecule has 150 valence electrons. The fraction of sp³-hybridized carbons (Fsp3) is 0.556. The van der Waals surface area contributed by atoms with Gasteiger partial charge >= 0.3 is 0 Å². The highest BCUT2D eigenvalue weighted by molar-refractivity contribution is 5.41. The largest absolute Gasteiger partial charge is 0.0617 e. The summed E-state index contributed by atoms with van der Waals surface area (Å²) in [5.74, 6) is 2.52. The molecule has 2 aromatic rings. The molecule has 0 unspecified atom stereocenters. The molecule has 0 aliphatic carbocycles. The van der Waals surface area contributed by atoms with Crippen molar-refractivity contribution in [1.29, 1.82) is 0 Å². The lowest BCUT2D eigenvalue weighted by Crippen LogP contribution is -2.04. The van der Waals surface area contributed by atoms with Crippen molar-refractivity contribution in [2.24, 2.45) is 0 Å². The Morgan fingerprint density at radius 3 is 1.19 bits per heavy atom. The van der Waals surface area contributed by atoms with Gasteiger partial charge in [-0.25, -0.2) is 0 Å². The van der Waals surface area contributed by atoms with Crippen LogP contribution >= 0.6 is 0 Å². The number of benzene rings is 2. The molecule has 0 N–H and O–H groups in total. The zero-order valence-corrected chi connectivity index (χ0v) is 19.7. The van der Waals surface area contributed by atoms with Crippen molar-refractivity contribution in [1.82, 2.24) is 0 Å². The second-order valence-electron chi connectivity index (χ2n) is 9.28. The zero-order chi connectivity index (χ0) is 20.9. The number of rotatable bonds is 4. The molecule has 0 heteroatoms. The van der Waals surface area contributed by atoms with Gasteiger partial charge in [0.1, 0.15) is 0 Å². The molecule has 0 atom stereocenters. The summed E-state index contributed by atoms with van der Waals surface area (Å²) in [4.78, 5) is 0. The van der Waals surface area contributed by atoms with Gasteiger partial charge in [-0.1, -0.05) is 91.3 Å². The van der Waals surface area contributed by atoms with Gasteiger partial charge in [-0.2, -0.15) is 0 Å². The summed E-state index contributed by atoms with van der Waals surface area (Å²) in [7, 11) is 0. The minimum atomic E-state index is 0.626. The second kappa shape index (κ2) is 10.1. The van der Waals surface area contributed by atoms with Crippen LogP contribution in [0, 0.1) is 20.8 Å². The van der Waals surface area contributed by atoms with E-state index in [0.29, 0.717) is 23.7 Å². The fourth-order valence-corrected chi connectivity index (χ4v) is 4.38. The second-order valence-corrected chi connectivity index (χ2v) is 9.28. The van der Waals surface area contributed by atoms with Crippen molar-refractivity contribution >= 4 is 0 Å². The lowest BCUT2D eigenvalue weighted by atomic mass is 9.83. The van der Waals surface area contributed by atoms with Gasteiger partial charge in [0, 0.05) is 0 Å². The molecule has 0 aliphatic rings. The number of hydrogen-bond acceptors (Lipinski definition) is 0. The van der Waals surface area contributed by atoms with Crippen molar-refractivity contribution < 1.29 is 0 Å². The van der Waals surface area contributed by atoms with Crippen LogP contribution in [0.4, 0.5) is 0 Å². The SMILES string of the molecule is CC(C)c1cccc(C(C)C)c1C(C)C.Cc1cc(C)c(C(C)C)c(C)c1. The predicted octanol–water partition coefficient (Wildman–Crippen LogP) is 8.79. The van der Waals surface area contributed by atoms with Gasteiger partial charge in [0.25, 0.3) is 0 Å². The number of hydrogen-bond donors (Lipinski definition) is 0. The highest BCUT2D eigenvalue weighted by Gasteiger charge is 2.15. The van der Waals surface area contributed by atoms with Crippen molar-refractivity contribution in [3.63, 3.8) is 0 Å². The van der Waals surface area contributed by atoms with Crippen molar-refractivity contribution in [3.8, 4) is 0 Å². The van der Waals surface area contributed by atoms with Gasteiger partial charge < -0.3 is 0 Å². The average Bonchev–Trinajstić information content (AvgIpc) is 2.53. The van der Waals surface area contributed by atoms with Gasteiger partial charge in [0.2, 0.25) is 0 Å². The van der Waals surface area contributed by atoms with E-state index in [0.717, 1.165) is 0 Å². The molecule has 0 saturated carbocycles. The average molecular weight is 367 g/mol. The third-order valence-electron chi connectivity index (χ3n) is 5.31. The van der Waals surface area contributed by atoms with Crippen LogP contribution in [0.15, 0.2) is 30.3 Å². The molecule has 0 aromatic heterocycles. The standard InChI is InChI=1S/C15H24.C12H18/c1-10(2)13-8-7-9-14(11(3)4)15(13)12(5)6;1-8(2)12-10(4)6-9(3)7-11(12)5/h7-12H,1-6H3;6-8H,1-5H3. The summed E-state index contributed by atoms with van der Waals surface area (Å²) >= 11 is 0. The van der Waals surface area contributed by atoms with Gasteiger partial charge in [0.05, 0.1) is 0 Å². The van der Waals surface area contributed by atoms with E-state index in [-0.39, 0.29) is 0 Å². The monoisotopic (exact) mass is 366 g/mol. The van der Waals surface area contributed by atoms with Gasteiger partial charge in [0.15, 0.2) is 0 Å². The van der Waals surface area contributed by atoms with Crippen LogP contribution in [0.2, 0.25) is 0 Å². The Morgan fingerprint density at radius 1 is 0.519 bits per heavy atom. The first kappa shape index (κ1) is 23.5. The highest BCUT2D eigenvalue weighted by Crippen LogP contribution is 2.32. The van der Waals surface area contributed by atoms with Crippen LogP contribution in [0.5, 0.6) is 0 Å². The first-order chi connectivity index (χ1) is 12.5. The van der Waals surface area contributed by atoms with Crippen molar-refractivity contribution in [3.05, 3.63) is 69.3 Å². The molecule has 0 radical (unpaired) electrons. The smallest absolute Gasteiger partial charge is 0.0213 e. The molecular formula is C27H42. The Kier molecular flexibility index (Phi) is 8.79. The first-order valence-corrected chi connectivity index (χ1v) is 10.7. The molecule has 0 amide bonds. The van der Waals surface area contributed by atoms with E-state index in [1.807, 2.05) is 0 Å². The fourth-order valence-electron chi connectivity index (χ4n) is 4.38. The van der Waals surface area contributed by atoms with Crippen LogP contribution in [-0.2, 0) is 0 Å². The molecule has 0 nitrogen and oxygen atoms in total. The molecule has 0 spiro atoms. The summed E-state index contributed by atoms with van der Waals surface area (Å²) in [6.45, 7) is 24.8. The Hall–Kier alpha value is -1.56. The van der Waals surface area contributed by atoms with Crippen molar-refractivity contribution in [2.75, 3.05) is 0 Å². The van der Waals surface area contributed by atoms with Crippen LogP contribution in [0.1, 0.15) is 118 Å².